The van der Waals surface area contributed by atoms with Crippen molar-refractivity contribution < 1.29 is 21.7 Å². The van der Waals surface area contributed by atoms with Crippen LogP contribution in [-0.2, 0) is 0 Å². The van der Waals surface area contributed by atoms with Crippen LogP contribution >= 0.6 is 11.8 Å². The molecule has 0 radical (unpaired) electrons. The molecule has 0 saturated carbocycles. The first kappa shape index (κ1) is 13.1. The Morgan fingerprint density at radius 2 is 1.81 bits per heavy atom. The van der Waals surface area contributed by atoms with Crippen LogP contribution in [0.2, 0.25) is 0 Å². The lowest BCUT2D eigenvalue weighted by molar-refractivity contribution is 0.491. The Morgan fingerprint density at radius 1 is 1.19 bits per heavy atom. The highest BCUT2D eigenvalue weighted by molar-refractivity contribution is 7.99. The van der Waals surface area contributed by atoms with Crippen LogP contribution in [-0.4, -0.2) is 12.7 Å². The average molecular weight is 253 g/mol. The molecule has 0 aliphatic rings. The Bertz CT molecular complexity index is 401. The lowest BCUT2D eigenvalue weighted by Gasteiger charge is -2.17. The molecule has 0 atom stereocenters. The first-order chi connectivity index (χ1) is 7.30. The summed E-state index contributed by atoms with van der Waals surface area (Å²) < 4.78 is 61.5. The SMILES string of the molecule is C=C(CSc1ccc(F)c(F)c1)[B-](F)(F)F. The van der Waals surface area contributed by atoms with Crippen LogP contribution < -0.4 is 0 Å². The predicted octanol–water partition coefficient (Wildman–Crippen LogP) is 4.00. The van der Waals surface area contributed by atoms with Crippen LogP contribution in [0.25, 0.3) is 0 Å². The molecule has 0 aliphatic carbocycles. The summed E-state index contributed by atoms with van der Waals surface area (Å²) in [6, 6.07) is 2.95. The van der Waals surface area contributed by atoms with Gasteiger partial charge in [0.1, 0.15) is 0 Å². The van der Waals surface area contributed by atoms with Gasteiger partial charge in [-0.25, -0.2) is 8.78 Å². The van der Waals surface area contributed by atoms with Gasteiger partial charge in [-0.1, -0.05) is 0 Å². The average Bonchev–Trinajstić information content (AvgIpc) is 2.18. The Balaban J connectivity index is 2.62. The van der Waals surface area contributed by atoms with Gasteiger partial charge >= 0.3 is 6.98 Å². The minimum atomic E-state index is -5.07. The van der Waals surface area contributed by atoms with E-state index in [2.05, 4.69) is 6.58 Å². The van der Waals surface area contributed by atoms with E-state index in [0.29, 0.717) is 0 Å². The first-order valence-electron chi connectivity index (χ1n) is 4.26. The van der Waals surface area contributed by atoms with E-state index in [1.807, 2.05) is 0 Å². The third-order valence-electron chi connectivity index (χ3n) is 1.78. The quantitative estimate of drug-likeness (QED) is 0.444. The number of rotatable bonds is 4. The van der Waals surface area contributed by atoms with Gasteiger partial charge < -0.3 is 12.9 Å². The second-order valence-electron chi connectivity index (χ2n) is 3.10. The van der Waals surface area contributed by atoms with Gasteiger partial charge in [0.05, 0.1) is 0 Å². The first-order valence-corrected chi connectivity index (χ1v) is 5.24. The van der Waals surface area contributed by atoms with Crippen molar-refractivity contribution in [3.63, 3.8) is 0 Å². The number of thioether (sulfide) groups is 1. The van der Waals surface area contributed by atoms with Crippen LogP contribution in [0.1, 0.15) is 0 Å². The molecule has 0 unspecified atom stereocenters. The highest BCUT2D eigenvalue weighted by Crippen LogP contribution is 2.27. The Kier molecular flexibility index (Phi) is 4.01. The number of benzene rings is 1. The van der Waals surface area contributed by atoms with Crippen molar-refractivity contribution in [2.45, 2.75) is 4.90 Å². The second kappa shape index (κ2) is 4.90. The molecule has 0 amide bonds. The van der Waals surface area contributed by atoms with Gasteiger partial charge in [-0.05, 0) is 24.0 Å². The molecule has 1 aromatic rings. The molecule has 0 saturated heterocycles. The largest absolute Gasteiger partial charge is 0.505 e. The molecule has 0 fully saturated rings. The van der Waals surface area contributed by atoms with Crippen LogP contribution in [0.4, 0.5) is 21.7 Å². The predicted molar refractivity (Wildman–Crippen MR) is 55.3 cm³/mol. The Hall–Kier alpha value is -0.975. The van der Waals surface area contributed by atoms with E-state index in [1.54, 1.807) is 0 Å². The summed E-state index contributed by atoms with van der Waals surface area (Å²) in [5.74, 6) is -2.48. The smallest absolute Gasteiger partial charge is 0.445 e. The van der Waals surface area contributed by atoms with Crippen molar-refractivity contribution in [1.29, 1.82) is 0 Å². The van der Waals surface area contributed by atoms with Crippen molar-refractivity contribution in [2.75, 3.05) is 5.75 Å². The van der Waals surface area contributed by atoms with Crippen molar-refractivity contribution in [3.05, 3.63) is 41.9 Å². The summed E-state index contributed by atoms with van der Waals surface area (Å²) in [4.78, 5) is 0.236. The molecular weight excluding hydrogens is 246 g/mol. The van der Waals surface area contributed by atoms with Gasteiger partial charge in [0, 0.05) is 4.90 Å². The standard InChI is InChI=1S/C9H7BF5S/c1-6(10(13,14)15)5-16-7-2-3-8(11)9(12)4-7/h2-4H,1,5H2/q-1. The molecule has 0 bridgehead atoms. The Morgan fingerprint density at radius 3 is 2.31 bits per heavy atom. The van der Waals surface area contributed by atoms with E-state index in [9.17, 15) is 21.7 Å². The van der Waals surface area contributed by atoms with Gasteiger partial charge in [0.2, 0.25) is 0 Å². The summed E-state index contributed by atoms with van der Waals surface area (Å²) in [6.45, 7) is -2.17. The van der Waals surface area contributed by atoms with Crippen LogP contribution in [0.3, 0.4) is 0 Å². The van der Waals surface area contributed by atoms with Gasteiger partial charge in [-0.15, -0.1) is 23.8 Å². The van der Waals surface area contributed by atoms with Gasteiger partial charge in [0.15, 0.2) is 11.6 Å². The van der Waals surface area contributed by atoms with Crippen molar-refractivity contribution >= 4 is 18.7 Å². The molecule has 88 valence electrons. The van der Waals surface area contributed by atoms with Gasteiger partial charge in [0.25, 0.3) is 0 Å². The molecule has 16 heavy (non-hydrogen) atoms. The zero-order chi connectivity index (χ0) is 12.3. The van der Waals surface area contributed by atoms with Gasteiger partial charge in [-0.3, -0.25) is 0 Å². The molecule has 0 nitrogen and oxygen atoms in total. The monoisotopic (exact) mass is 253 g/mol. The van der Waals surface area contributed by atoms with Crippen LogP contribution in [0.15, 0.2) is 35.1 Å². The zero-order valence-corrected chi connectivity index (χ0v) is 8.84. The van der Waals surface area contributed by atoms with Crippen molar-refractivity contribution in [2.24, 2.45) is 0 Å². The third kappa shape index (κ3) is 3.55. The molecular formula is C9H7BF5S-. The molecule has 0 aromatic heterocycles. The summed E-state index contributed by atoms with van der Waals surface area (Å²) >= 11 is 0.768. The molecule has 1 rings (SSSR count). The Labute approximate surface area is 93.6 Å². The number of hydrogen-bond donors (Lipinski definition) is 0. The summed E-state index contributed by atoms with van der Waals surface area (Å²) in [6.07, 6.45) is 0. The molecule has 7 heteroatoms. The lowest BCUT2D eigenvalue weighted by Crippen LogP contribution is -2.20. The zero-order valence-electron chi connectivity index (χ0n) is 8.02. The molecule has 0 aliphatic heterocycles. The van der Waals surface area contributed by atoms with E-state index in [1.165, 1.54) is 6.07 Å². The molecule has 1 aromatic carbocycles. The molecule has 0 spiro atoms. The van der Waals surface area contributed by atoms with Crippen LogP contribution in [0, 0.1) is 11.6 Å². The minimum Gasteiger partial charge on any atom is -0.445 e. The van der Waals surface area contributed by atoms with E-state index < -0.39 is 24.1 Å². The maximum Gasteiger partial charge on any atom is 0.505 e. The molecule has 0 N–H and O–H groups in total. The maximum atomic E-state index is 12.7. The minimum absolute atomic E-state index is 0.236. The third-order valence-corrected chi connectivity index (χ3v) is 2.88. The normalized spacial score (nSPS) is 11.6. The lowest BCUT2D eigenvalue weighted by atomic mass is 9.82. The highest BCUT2D eigenvalue weighted by atomic mass is 32.2. The topological polar surface area (TPSA) is 0 Å². The van der Waals surface area contributed by atoms with Gasteiger partial charge in [-0.2, -0.15) is 0 Å². The number of halogens is 5. The van der Waals surface area contributed by atoms with E-state index in [-0.39, 0.29) is 10.6 Å². The summed E-state index contributed by atoms with van der Waals surface area (Å²) in [7, 11) is 0. The molecule has 0 heterocycles. The van der Waals surface area contributed by atoms with E-state index in [4.69, 9.17) is 0 Å². The van der Waals surface area contributed by atoms with E-state index >= 15 is 0 Å². The highest BCUT2D eigenvalue weighted by Gasteiger charge is 2.26. The fraction of sp³-hybridized carbons (Fsp3) is 0.111. The fourth-order valence-corrected chi connectivity index (χ4v) is 1.73. The van der Waals surface area contributed by atoms with Crippen molar-refractivity contribution in [1.82, 2.24) is 0 Å². The maximum absolute atomic E-state index is 12.7. The van der Waals surface area contributed by atoms with Crippen LogP contribution in [0.5, 0.6) is 0 Å². The fourth-order valence-electron chi connectivity index (χ4n) is 0.837. The summed E-state index contributed by atoms with van der Waals surface area (Å²) in [5, 5.41) is 0. The van der Waals surface area contributed by atoms with Crippen molar-refractivity contribution in [3.8, 4) is 0 Å². The summed E-state index contributed by atoms with van der Waals surface area (Å²) in [5.41, 5.74) is -0.852. The second-order valence-corrected chi connectivity index (χ2v) is 4.15. The number of hydrogen-bond acceptors (Lipinski definition) is 1. The van der Waals surface area contributed by atoms with E-state index in [0.717, 1.165) is 23.9 Å².